The minimum absolute atomic E-state index is 0.177. The normalized spacial score (nSPS) is 18.8. The lowest BCUT2D eigenvalue weighted by atomic mass is 10.1. The molecule has 74 valence electrons. The lowest BCUT2D eigenvalue weighted by Crippen LogP contribution is -2.26. The Kier molecular flexibility index (Phi) is 1.84. The molecule has 0 bridgehead atoms. The summed E-state index contributed by atoms with van der Waals surface area (Å²) < 4.78 is 0. The van der Waals surface area contributed by atoms with Gasteiger partial charge in [0.1, 0.15) is 11.8 Å². The van der Waals surface area contributed by atoms with Gasteiger partial charge in [-0.25, -0.2) is 4.79 Å². The van der Waals surface area contributed by atoms with Gasteiger partial charge in [0.25, 0.3) is 0 Å². The fraction of sp³-hybridized carbons (Fsp3) is 0.300. The lowest BCUT2D eigenvalue weighted by Gasteiger charge is -2.04. The summed E-state index contributed by atoms with van der Waals surface area (Å²) >= 11 is 0. The van der Waals surface area contributed by atoms with Gasteiger partial charge >= 0.3 is 5.97 Å². The molecule has 1 atom stereocenters. The molecular weight excluding hydrogens is 182 g/mol. The van der Waals surface area contributed by atoms with E-state index in [9.17, 15) is 9.90 Å². The molecule has 0 fully saturated rings. The zero-order valence-electron chi connectivity index (χ0n) is 7.74. The van der Waals surface area contributed by atoms with Gasteiger partial charge < -0.3 is 15.5 Å². The maximum Gasteiger partial charge on any atom is 0.326 e. The summed E-state index contributed by atoms with van der Waals surface area (Å²) in [4.78, 5) is 10.7. The second kappa shape index (κ2) is 2.90. The van der Waals surface area contributed by atoms with Gasteiger partial charge in [0.05, 0.1) is 0 Å². The number of rotatable bonds is 1. The van der Waals surface area contributed by atoms with Crippen molar-refractivity contribution in [1.29, 1.82) is 0 Å². The van der Waals surface area contributed by atoms with E-state index in [1.807, 2.05) is 13.0 Å². The molecule has 1 unspecified atom stereocenters. The first-order chi connectivity index (χ1) is 6.58. The zero-order chi connectivity index (χ0) is 10.3. The minimum atomic E-state index is -0.891. The van der Waals surface area contributed by atoms with Gasteiger partial charge in [-0.15, -0.1) is 0 Å². The largest absolute Gasteiger partial charge is 0.508 e. The molecule has 1 aromatic rings. The number of aryl methyl sites for hydroxylation is 1. The van der Waals surface area contributed by atoms with Crippen LogP contribution in [-0.2, 0) is 11.2 Å². The van der Waals surface area contributed by atoms with Crippen molar-refractivity contribution in [3.05, 3.63) is 23.3 Å². The van der Waals surface area contributed by atoms with Crippen molar-refractivity contribution >= 4 is 11.7 Å². The molecule has 1 aliphatic heterocycles. The molecule has 1 aliphatic rings. The topological polar surface area (TPSA) is 69.6 Å². The van der Waals surface area contributed by atoms with Crippen molar-refractivity contribution in [3.8, 4) is 5.75 Å². The molecular formula is C10H11NO3. The van der Waals surface area contributed by atoms with E-state index >= 15 is 0 Å². The maximum atomic E-state index is 10.7. The predicted molar refractivity (Wildman–Crippen MR) is 51.6 cm³/mol. The van der Waals surface area contributed by atoms with Gasteiger partial charge in [0.15, 0.2) is 0 Å². The fourth-order valence-corrected chi connectivity index (χ4v) is 1.73. The number of carboxylic acids is 1. The SMILES string of the molecule is Cc1cc(O)c2c(c1)NC(C(=O)O)C2. The van der Waals surface area contributed by atoms with Gasteiger partial charge in [-0.2, -0.15) is 0 Å². The summed E-state index contributed by atoms with van der Waals surface area (Å²) in [5.74, 6) is -0.713. The Bertz CT molecular complexity index is 401. The van der Waals surface area contributed by atoms with Crippen molar-refractivity contribution in [3.63, 3.8) is 0 Å². The van der Waals surface area contributed by atoms with Gasteiger partial charge in [-0.3, -0.25) is 0 Å². The Morgan fingerprint density at radius 1 is 1.57 bits per heavy atom. The number of anilines is 1. The smallest absolute Gasteiger partial charge is 0.326 e. The van der Waals surface area contributed by atoms with Crippen LogP contribution in [0.4, 0.5) is 5.69 Å². The zero-order valence-corrected chi connectivity index (χ0v) is 7.74. The molecule has 1 aromatic carbocycles. The Hall–Kier alpha value is -1.71. The third-order valence-electron chi connectivity index (χ3n) is 2.41. The van der Waals surface area contributed by atoms with E-state index in [1.54, 1.807) is 6.07 Å². The van der Waals surface area contributed by atoms with Crippen LogP contribution in [0, 0.1) is 6.92 Å². The molecule has 0 saturated carbocycles. The van der Waals surface area contributed by atoms with Crippen LogP contribution in [0.1, 0.15) is 11.1 Å². The number of carbonyl (C=O) groups is 1. The molecule has 4 nitrogen and oxygen atoms in total. The summed E-state index contributed by atoms with van der Waals surface area (Å²) in [6, 6.07) is 2.88. The first kappa shape index (κ1) is 8.87. The number of hydrogen-bond donors (Lipinski definition) is 3. The van der Waals surface area contributed by atoms with Crippen molar-refractivity contribution in [2.75, 3.05) is 5.32 Å². The highest BCUT2D eigenvalue weighted by atomic mass is 16.4. The Morgan fingerprint density at radius 2 is 2.29 bits per heavy atom. The third-order valence-corrected chi connectivity index (χ3v) is 2.41. The van der Waals surface area contributed by atoms with Crippen LogP contribution >= 0.6 is 0 Å². The van der Waals surface area contributed by atoms with Crippen LogP contribution < -0.4 is 5.32 Å². The van der Waals surface area contributed by atoms with E-state index in [0.717, 1.165) is 11.3 Å². The van der Waals surface area contributed by atoms with Crippen molar-refractivity contribution in [2.45, 2.75) is 19.4 Å². The average Bonchev–Trinajstić information content (AvgIpc) is 2.47. The van der Waals surface area contributed by atoms with Crippen LogP contribution in [0.25, 0.3) is 0 Å². The number of benzene rings is 1. The van der Waals surface area contributed by atoms with E-state index in [-0.39, 0.29) is 5.75 Å². The molecule has 2 rings (SSSR count). The van der Waals surface area contributed by atoms with Crippen LogP contribution in [0.5, 0.6) is 5.75 Å². The first-order valence-electron chi connectivity index (χ1n) is 4.40. The van der Waals surface area contributed by atoms with E-state index < -0.39 is 12.0 Å². The molecule has 3 N–H and O–H groups in total. The monoisotopic (exact) mass is 193 g/mol. The van der Waals surface area contributed by atoms with E-state index in [1.165, 1.54) is 0 Å². The number of aromatic hydroxyl groups is 1. The number of carboxylic acid groups (broad SMARTS) is 1. The Balaban J connectivity index is 2.39. The van der Waals surface area contributed by atoms with Crippen LogP contribution in [-0.4, -0.2) is 22.2 Å². The quantitative estimate of drug-likeness (QED) is 0.625. The molecule has 0 saturated heterocycles. The third kappa shape index (κ3) is 1.28. The van der Waals surface area contributed by atoms with Gasteiger partial charge in [-0.1, -0.05) is 0 Å². The molecule has 0 amide bonds. The number of phenols is 1. The molecule has 1 heterocycles. The highest BCUT2D eigenvalue weighted by Crippen LogP contribution is 2.34. The molecule has 0 radical (unpaired) electrons. The van der Waals surface area contributed by atoms with Crippen molar-refractivity contribution in [2.24, 2.45) is 0 Å². The predicted octanol–water partition coefficient (Wildman–Crippen LogP) is 1.12. The highest BCUT2D eigenvalue weighted by Gasteiger charge is 2.28. The molecule has 0 spiro atoms. The van der Waals surface area contributed by atoms with Crippen molar-refractivity contribution < 1.29 is 15.0 Å². The number of phenolic OH excluding ortho intramolecular Hbond substituents is 1. The molecule has 4 heteroatoms. The summed E-state index contributed by atoms with van der Waals surface area (Å²) in [6.07, 6.45) is 0.344. The van der Waals surface area contributed by atoms with Gasteiger partial charge in [-0.05, 0) is 24.6 Å². The Morgan fingerprint density at radius 3 is 2.93 bits per heavy atom. The van der Waals surface area contributed by atoms with Gasteiger partial charge in [0, 0.05) is 17.7 Å². The van der Waals surface area contributed by atoms with E-state index in [0.29, 0.717) is 12.0 Å². The number of aliphatic carboxylic acids is 1. The summed E-state index contributed by atoms with van der Waals surface area (Å²) in [7, 11) is 0. The van der Waals surface area contributed by atoms with Crippen LogP contribution in [0.2, 0.25) is 0 Å². The summed E-state index contributed by atoms with van der Waals surface area (Å²) in [6.45, 7) is 1.86. The number of nitrogens with one attached hydrogen (secondary N) is 1. The Labute approximate surface area is 81.2 Å². The first-order valence-corrected chi connectivity index (χ1v) is 4.40. The number of fused-ring (bicyclic) bond motifs is 1. The second-order valence-electron chi connectivity index (χ2n) is 3.55. The summed E-state index contributed by atoms with van der Waals surface area (Å²) in [5.41, 5.74) is 2.35. The summed E-state index contributed by atoms with van der Waals surface area (Å²) in [5, 5.41) is 21.2. The van der Waals surface area contributed by atoms with Gasteiger partial charge in [0.2, 0.25) is 0 Å². The van der Waals surface area contributed by atoms with Crippen molar-refractivity contribution in [1.82, 2.24) is 0 Å². The average molecular weight is 193 g/mol. The van der Waals surface area contributed by atoms with E-state index in [4.69, 9.17) is 5.11 Å². The second-order valence-corrected chi connectivity index (χ2v) is 3.55. The number of hydrogen-bond acceptors (Lipinski definition) is 3. The lowest BCUT2D eigenvalue weighted by molar-refractivity contribution is -0.137. The molecule has 0 aromatic heterocycles. The van der Waals surface area contributed by atoms with E-state index in [2.05, 4.69) is 5.32 Å². The molecule has 0 aliphatic carbocycles. The molecule has 14 heavy (non-hydrogen) atoms. The van der Waals surface area contributed by atoms with Crippen LogP contribution in [0.15, 0.2) is 12.1 Å². The van der Waals surface area contributed by atoms with Crippen LogP contribution in [0.3, 0.4) is 0 Å². The highest BCUT2D eigenvalue weighted by molar-refractivity contribution is 5.82. The maximum absolute atomic E-state index is 10.7. The standard InChI is InChI=1S/C10H11NO3/c1-5-2-7-6(9(12)3-5)4-8(11-7)10(13)14/h2-3,8,11-12H,4H2,1H3,(H,13,14). The fourth-order valence-electron chi connectivity index (χ4n) is 1.73. The minimum Gasteiger partial charge on any atom is -0.508 e.